The molecule has 0 bridgehead atoms. The van der Waals surface area contributed by atoms with Gasteiger partial charge in [-0.05, 0) is 50.6 Å². The summed E-state index contributed by atoms with van der Waals surface area (Å²) in [6.45, 7) is 4.81. The zero-order valence-electron chi connectivity index (χ0n) is 15.8. The van der Waals surface area contributed by atoms with E-state index in [1.54, 1.807) is 0 Å². The summed E-state index contributed by atoms with van der Waals surface area (Å²) in [6.07, 6.45) is 2.36. The Labute approximate surface area is 168 Å². The largest absolute Gasteiger partial charge is 0.419 e. The molecule has 28 heavy (non-hydrogen) atoms. The Hall–Kier alpha value is -2.57. The second kappa shape index (κ2) is 7.45. The van der Waals surface area contributed by atoms with Crippen LogP contribution in [0.2, 0.25) is 0 Å². The Morgan fingerprint density at radius 3 is 2.96 bits per heavy atom. The number of likely N-dealkylation sites (tertiary alicyclic amines) is 1. The van der Waals surface area contributed by atoms with Crippen molar-refractivity contribution in [1.29, 1.82) is 0 Å². The minimum atomic E-state index is 0.477. The van der Waals surface area contributed by atoms with E-state index in [9.17, 15) is 0 Å². The van der Waals surface area contributed by atoms with E-state index in [1.165, 1.54) is 28.1 Å². The van der Waals surface area contributed by atoms with Crippen molar-refractivity contribution in [3.63, 3.8) is 0 Å². The van der Waals surface area contributed by atoms with Crippen molar-refractivity contribution in [1.82, 2.24) is 20.1 Å². The Kier molecular flexibility index (Phi) is 4.66. The molecule has 142 valence electrons. The Balaban J connectivity index is 1.29. The van der Waals surface area contributed by atoms with Gasteiger partial charge in [0.15, 0.2) is 0 Å². The number of hydrogen-bond donors (Lipinski definition) is 0. The Morgan fingerprint density at radius 1 is 1.14 bits per heavy atom. The first-order valence-electron chi connectivity index (χ1n) is 9.72. The van der Waals surface area contributed by atoms with Crippen LogP contribution in [0.3, 0.4) is 0 Å². The fraction of sp³-hybridized carbons (Fsp3) is 0.318. The first-order chi connectivity index (χ1) is 13.7. The highest BCUT2D eigenvalue weighted by Gasteiger charge is 2.25. The molecule has 1 atom stereocenters. The molecule has 6 heteroatoms. The molecule has 1 saturated heterocycles. The second-order valence-corrected chi connectivity index (χ2v) is 8.53. The van der Waals surface area contributed by atoms with Crippen molar-refractivity contribution in [3.8, 4) is 11.5 Å². The number of benzene rings is 2. The van der Waals surface area contributed by atoms with Gasteiger partial charge in [0.25, 0.3) is 0 Å². The maximum absolute atomic E-state index is 5.94. The average Bonchev–Trinajstić information content (AvgIpc) is 3.35. The number of rotatable bonds is 4. The van der Waals surface area contributed by atoms with E-state index >= 15 is 0 Å². The van der Waals surface area contributed by atoms with E-state index in [-0.39, 0.29) is 0 Å². The van der Waals surface area contributed by atoms with Crippen molar-refractivity contribution >= 4 is 21.6 Å². The van der Waals surface area contributed by atoms with Crippen LogP contribution >= 0.6 is 11.3 Å². The van der Waals surface area contributed by atoms with Gasteiger partial charge in [-0.25, -0.2) is 4.98 Å². The van der Waals surface area contributed by atoms with E-state index in [2.05, 4.69) is 58.4 Å². The highest BCUT2D eigenvalue weighted by molar-refractivity contribution is 7.18. The van der Waals surface area contributed by atoms with E-state index in [4.69, 9.17) is 9.40 Å². The molecule has 2 aromatic carbocycles. The first kappa shape index (κ1) is 17.5. The van der Waals surface area contributed by atoms with Gasteiger partial charge >= 0.3 is 0 Å². The van der Waals surface area contributed by atoms with Gasteiger partial charge in [0, 0.05) is 18.0 Å². The number of piperidine rings is 1. The molecular formula is C22H22N4OS. The van der Waals surface area contributed by atoms with Crippen LogP contribution in [0.1, 0.15) is 35.2 Å². The molecule has 2 aromatic heterocycles. The fourth-order valence-electron chi connectivity index (χ4n) is 3.87. The fourth-order valence-corrected chi connectivity index (χ4v) is 4.96. The smallest absolute Gasteiger partial charge is 0.247 e. The van der Waals surface area contributed by atoms with Crippen LogP contribution in [0.4, 0.5) is 0 Å². The third-order valence-electron chi connectivity index (χ3n) is 5.26. The average molecular weight is 391 g/mol. The van der Waals surface area contributed by atoms with Gasteiger partial charge in [-0.3, -0.25) is 4.90 Å². The minimum absolute atomic E-state index is 0.477. The maximum Gasteiger partial charge on any atom is 0.247 e. The van der Waals surface area contributed by atoms with Crippen LogP contribution < -0.4 is 0 Å². The van der Waals surface area contributed by atoms with Crippen LogP contribution in [0, 0.1) is 6.92 Å². The molecule has 0 N–H and O–H groups in total. The van der Waals surface area contributed by atoms with Gasteiger partial charge in [0.1, 0.15) is 0 Å². The highest BCUT2D eigenvalue weighted by atomic mass is 32.1. The van der Waals surface area contributed by atoms with Crippen LogP contribution in [0.25, 0.3) is 21.7 Å². The normalized spacial score (nSPS) is 18.0. The lowest BCUT2D eigenvalue weighted by Crippen LogP contribution is -2.33. The van der Waals surface area contributed by atoms with Crippen LogP contribution in [0.15, 0.2) is 52.9 Å². The van der Waals surface area contributed by atoms with Gasteiger partial charge in [-0.1, -0.05) is 29.8 Å². The van der Waals surface area contributed by atoms with E-state index in [0.29, 0.717) is 24.2 Å². The zero-order chi connectivity index (χ0) is 18.9. The van der Waals surface area contributed by atoms with Crippen LogP contribution in [-0.2, 0) is 6.54 Å². The minimum Gasteiger partial charge on any atom is -0.419 e. The third-order valence-corrected chi connectivity index (χ3v) is 6.45. The van der Waals surface area contributed by atoms with Crippen LogP contribution in [0.5, 0.6) is 0 Å². The molecule has 0 aliphatic carbocycles. The monoisotopic (exact) mass is 390 g/mol. The number of fused-ring (bicyclic) bond motifs is 1. The number of para-hydroxylation sites is 1. The van der Waals surface area contributed by atoms with E-state index < -0.39 is 0 Å². The summed E-state index contributed by atoms with van der Waals surface area (Å²) in [5.41, 5.74) is 3.27. The quantitative estimate of drug-likeness (QED) is 0.489. The number of aryl methyl sites for hydroxylation is 1. The van der Waals surface area contributed by atoms with Gasteiger partial charge in [0.05, 0.1) is 21.8 Å². The predicted molar refractivity (Wildman–Crippen MR) is 111 cm³/mol. The highest BCUT2D eigenvalue weighted by Crippen LogP contribution is 2.33. The van der Waals surface area contributed by atoms with Crippen molar-refractivity contribution in [2.45, 2.75) is 32.2 Å². The van der Waals surface area contributed by atoms with Crippen molar-refractivity contribution in [2.24, 2.45) is 0 Å². The molecule has 5 rings (SSSR count). The molecule has 0 saturated carbocycles. The summed E-state index contributed by atoms with van der Waals surface area (Å²) in [4.78, 5) is 7.28. The Bertz CT molecular complexity index is 1070. The van der Waals surface area contributed by atoms with Gasteiger partial charge in [-0.15, -0.1) is 21.5 Å². The second-order valence-electron chi connectivity index (χ2n) is 7.46. The van der Waals surface area contributed by atoms with Crippen LogP contribution in [-0.4, -0.2) is 33.2 Å². The molecule has 5 nitrogen and oxygen atoms in total. The number of hydrogen-bond acceptors (Lipinski definition) is 6. The molecular weight excluding hydrogens is 368 g/mol. The summed E-state index contributed by atoms with van der Waals surface area (Å²) in [6, 6.07) is 16.6. The Morgan fingerprint density at radius 2 is 2.07 bits per heavy atom. The molecule has 0 amide bonds. The summed E-state index contributed by atoms with van der Waals surface area (Å²) >= 11 is 1.83. The standard InChI is InChI=1S/C22H22N4OS/c1-15-6-4-7-16(12-15)21-25-24-20(27-21)14-26-11-5-8-17(13-26)22-23-18-9-2-3-10-19(18)28-22/h2-4,6-7,9-10,12,17H,5,8,11,13-14H2,1H3/t17-/m0/s1. The van der Waals surface area contributed by atoms with Crippen molar-refractivity contribution in [3.05, 3.63) is 65.0 Å². The molecule has 0 spiro atoms. The zero-order valence-corrected chi connectivity index (χ0v) is 16.7. The summed E-state index contributed by atoms with van der Waals surface area (Å²) in [7, 11) is 0. The molecule has 0 unspecified atom stereocenters. The predicted octanol–water partition coefficient (Wildman–Crippen LogP) is 5.03. The lowest BCUT2D eigenvalue weighted by molar-refractivity contribution is 0.184. The molecule has 1 aliphatic rings. The van der Waals surface area contributed by atoms with Crippen molar-refractivity contribution in [2.75, 3.05) is 13.1 Å². The third kappa shape index (κ3) is 3.57. The topological polar surface area (TPSA) is 55.1 Å². The molecule has 0 radical (unpaired) electrons. The van der Waals surface area contributed by atoms with Gasteiger partial charge < -0.3 is 4.42 Å². The van der Waals surface area contributed by atoms with Gasteiger partial charge in [-0.2, -0.15) is 0 Å². The molecule has 4 aromatic rings. The number of nitrogens with zero attached hydrogens (tertiary/aromatic N) is 4. The number of aromatic nitrogens is 3. The lowest BCUT2D eigenvalue weighted by Gasteiger charge is -2.30. The first-order valence-corrected chi connectivity index (χ1v) is 10.5. The number of thiazole rings is 1. The van der Waals surface area contributed by atoms with E-state index in [1.807, 2.05) is 23.5 Å². The van der Waals surface area contributed by atoms with E-state index in [0.717, 1.165) is 24.2 Å². The maximum atomic E-state index is 5.94. The summed E-state index contributed by atoms with van der Waals surface area (Å²) in [5, 5.41) is 9.77. The SMILES string of the molecule is Cc1cccc(-c2nnc(CN3CCC[C@H](c4nc5ccccc5s4)C3)o2)c1. The molecule has 1 aliphatic heterocycles. The molecule has 3 heterocycles. The summed E-state index contributed by atoms with van der Waals surface area (Å²) in [5.74, 6) is 1.75. The lowest BCUT2D eigenvalue weighted by atomic mass is 9.99. The molecule has 1 fully saturated rings. The summed E-state index contributed by atoms with van der Waals surface area (Å²) < 4.78 is 7.21. The van der Waals surface area contributed by atoms with Gasteiger partial charge in [0.2, 0.25) is 11.8 Å². The van der Waals surface area contributed by atoms with Crippen molar-refractivity contribution < 1.29 is 4.42 Å².